The summed E-state index contributed by atoms with van der Waals surface area (Å²) in [5, 5.41) is 0. The molecule has 0 amide bonds. The van der Waals surface area contributed by atoms with Crippen LogP contribution >= 0.6 is 0 Å². The topological polar surface area (TPSA) is 60.4 Å². The number of hydrogen-bond acceptors (Lipinski definition) is 4. The summed E-state index contributed by atoms with van der Waals surface area (Å²) in [4.78, 5) is 36.3. The fourth-order valence-electron chi connectivity index (χ4n) is 6.66. The van der Waals surface area contributed by atoms with Crippen molar-refractivity contribution in [1.29, 1.82) is 0 Å². The van der Waals surface area contributed by atoms with Gasteiger partial charge in [0.05, 0.1) is 0 Å². The predicted molar refractivity (Wildman–Crippen MR) is 95.8 cm³/mol. The van der Waals surface area contributed by atoms with E-state index in [9.17, 15) is 14.4 Å². The van der Waals surface area contributed by atoms with Crippen molar-refractivity contribution < 1.29 is 19.1 Å². The quantitative estimate of drug-likeness (QED) is 0.536. The molecule has 4 aliphatic rings. The number of allylic oxidation sites excluding steroid dienone is 1. The van der Waals surface area contributed by atoms with Crippen molar-refractivity contribution in [2.75, 3.05) is 0 Å². The molecule has 6 unspecified atom stereocenters. The summed E-state index contributed by atoms with van der Waals surface area (Å²) in [5.41, 5.74) is -0.358. The summed E-state index contributed by atoms with van der Waals surface area (Å²) in [7, 11) is 0. The zero-order valence-electron chi connectivity index (χ0n) is 15.5. The molecule has 138 valence electrons. The van der Waals surface area contributed by atoms with Crippen LogP contribution in [0.4, 0.5) is 0 Å². The minimum absolute atomic E-state index is 0.0887. The average molecular weight is 354 g/mol. The molecule has 0 N–H and O–H groups in total. The Balaban J connectivity index is 1.69. The second-order valence-corrected chi connectivity index (χ2v) is 8.83. The third-order valence-electron chi connectivity index (χ3n) is 7.84. The van der Waals surface area contributed by atoms with Crippen LogP contribution in [0.15, 0.2) is 11.6 Å². The summed E-state index contributed by atoms with van der Waals surface area (Å²) < 4.78 is 5.73. The molecule has 4 rings (SSSR count). The standard InChI is InChI=1S/C22H26O4/c1-4-22(26-13(2)23)10-8-19-17-12-20(25)18-11-14(24)5-6-15(18)16(17)7-9-21(19,22)3/h1,11,15-17,19H,5-10,12H2,2-3H3. The van der Waals surface area contributed by atoms with Gasteiger partial charge in [-0.05, 0) is 61.9 Å². The van der Waals surface area contributed by atoms with Crippen molar-refractivity contribution in [2.45, 2.75) is 64.4 Å². The van der Waals surface area contributed by atoms with Gasteiger partial charge in [-0.3, -0.25) is 14.4 Å². The Bertz CT molecular complexity index is 757. The van der Waals surface area contributed by atoms with E-state index in [2.05, 4.69) is 12.8 Å². The van der Waals surface area contributed by atoms with Gasteiger partial charge in [-0.2, -0.15) is 0 Å². The molecule has 4 nitrogen and oxygen atoms in total. The number of terminal acetylenes is 1. The fraction of sp³-hybridized carbons (Fsp3) is 0.682. The number of hydrogen-bond donors (Lipinski definition) is 0. The molecule has 0 aromatic carbocycles. The lowest BCUT2D eigenvalue weighted by Gasteiger charge is -2.54. The number of carbonyl (C=O) groups is 3. The van der Waals surface area contributed by atoms with Crippen LogP contribution in [-0.2, 0) is 19.1 Å². The second-order valence-electron chi connectivity index (χ2n) is 8.83. The summed E-state index contributed by atoms with van der Waals surface area (Å²) in [6, 6.07) is 0. The van der Waals surface area contributed by atoms with Crippen LogP contribution in [-0.4, -0.2) is 23.1 Å². The van der Waals surface area contributed by atoms with Crippen LogP contribution in [0.1, 0.15) is 58.8 Å². The lowest BCUT2D eigenvalue weighted by Crippen LogP contribution is -2.54. The zero-order valence-corrected chi connectivity index (χ0v) is 15.5. The molecular formula is C22H26O4. The normalized spacial score (nSPS) is 44.3. The first kappa shape index (κ1) is 17.5. The van der Waals surface area contributed by atoms with Crippen LogP contribution in [0, 0.1) is 41.4 Å². The lowest BCUT2D eigenvalue weighted by molar-refractivity contribution is -0.168. The molecule has 4 aliphatic carbocycles. The Morgan fingerprint density at radius 2 is 2.00 bits per heavy atom. The van der Waals surface area contributed by atoms with Gasteiger partial charge in [-0.1, -0.05) is 12.8 Å². The highest BCUT2D eigenvalue weighted by atomic mass is 16.6. The molecule has 0 saturated heterocycles. The van der Waals surface area contributed by atoms with Crippen LogP contribution in [0.5, 0.6) is 0 Å². The highest BCUT2D eigenvalue weighted by molar-refractivity contribution is 6.05. The van der Waals surface area contributed by atoms with Crippen molar-refractivity contribution in [3.05, 3.63) is 11.6 Å². The summed E-state index contributed by atoms with van der Waals surface area (Å²) in [6.07, 6.45) is 12.8. The van der Waals surface area contributed by atoms with E-state index >= 15 is 0 Å². The van der Waals surface area contributed by atoms with Gasteiger partial charge in [0, 0.05) is 30.8 Å². The SMILES string of the molecule is C#CC1(OC(C)=O)CCC2C3CC(=O)C4=CC(=O)CCC4C3CCC21C. The molecule has 0 aromatic heterocycles. The van der Waals surface area contributed by atoms with E-state index < -0.39 is 5.60 Å². The smallest absolute Gasteiger partial charge is 0.304 e. The van der Waals surface area contributed by atoms with E-state index in [4.69, 9.17) is 11.2 Å². The maximum atomic E-state index is 12.8. The monoisotopic (exact) mass is 354 g/mol. The molecule has 3 fully saturated rings. The first-order chi connectivity index (χ1) is 12.3. The van der Waals surface area contributed by atoms with Crippen molar-refractivity contribution in [1.82, 2.24) is 0 Å². The number of ether oxygens (including phenoxy) is 1. The summed E-state index contributed by atoms with van der Waals surface area (Å²) in [5.74, 6) is 3.96. The van der Waals surface area contributed by atoms with Crippen LogP contribution in [0.3, 0.4) is 0 Å². The van der Waals surface area contributed by atoms with Gasteiger partial charge in [0.25, 0.3) is 0 Å². The number of ketones is 2. The number of Topliss-reactive ketones (excluding diaryl/α,β-unsaturated/α-hetero) is 1. The minimum Gasteiger partial charge on any atom is -0.445 e. The Kier molecular flexibility index (Phi) is 3.91. The largest absolute Gasteiger partial charge is 0.445 e. The predicted octanol–water partition coefficient (Wildman–Crippen LogP) is 3.24. The number of fused-ring (bicyclic) bond motifs is 5. The van der Waals surface area contributed by atoms with E-state index in [1.165, 1.54) is 6.92 Å². The third kappa shape index (κ3) is 2.25. The van der Waals surface area contributed by atoms with Gasteiger partial charge < -0.3 is 4.74 Å². The molecule has 4 heteroatoms. The van der Waals surface area contributed by atoms with E-state index in [1.54, 1.807) is 6.08 Å². The van der Waals surface area contributed by atoms with Crippen molar-refractivity contribution in [3.8, 4) is 12.3 Å². The lowest BCUT2D eigenvalue weighted by atomic mass is 9.50. The average Bonchev–Trinajstić information content (AvgIpc) is 2.88. The Hall–Kier alpha value is -1.89. The summed E-state index contributed by atoms with van der Waals surface area (Å²) in [6.45, 7) is 3.57. The molecular weight excluding hydrogens is 328 g/mol. The van der Waals surface area contributed by atoms with E-state index in [0.717, 1.165) is 31.3 Å². The fourth-order valence-corrected chi connectivity index (χ4v) is 6.66. The molecule has 0 spiro atoms. The minimum atomic E-state index is -0.851. The molecule has 0 radical (unpaired) electrons. The molecule has 0 heterocycles. The zero-order chi connectivity index (χ0) is 18.7. The number of rotatable bonds is 1. The maximum absolute atomic E-state index is 12.8. The Morgan fingerprint density at radius 1 is 1.23 bits per heavy atom. The maximum Gasteiger partial charge on any atom is 0.304 e. The number of carbonyl (C=O) groups excluding carboxylic acids is 3. The van der Waals surface area contributed by atoms with Crippen LogP contribution in [0.25, 0.3) is 0 Å². The van der Waals surface area contributed by atoms with Crippen molar-refractivity contribution >= 4 is 17.5 Å². The summed E-state index contributed by atoms with van der Waals surface area (Å²) >= 11 is 0. The van der Waals surface area contributed by atoms with Gasteiger partial charge in [0.2, 0.25) is 0 Å². The van der Waals surface area contributed by atoms with Crippen LogP contribution < -0.4 is 0 Å². The molecule has 0 aromatic rings. The van der Waals surface area contributed by atoms with Gasteiger partial charge in [-0.15, -0.1) is 6.42 Å². The molecule has 0 bridgehead atoms. The van der Waals surface area contributed by atoms with E-state index in [1.807, 2.05) is 0 Å². The van der Waals surface area contributed by atoms with Crippen molar-refractivity contribution in [3.63, 3.8) is 0 Å². The first-order valence-electron chi connectivity index (χ1n) is 9.76. The van der Waals surface area contributed by atoms with Crippen molar-refractivity contribution in [2.24, 2.45) is 29.1 Å². The first-order valence-corrected chi connectivity index (χ1v) is 9.76. The molecule has 6 atom stereocenters. The van der Waals surface area contributed by atoms with E-state index in [-0.39, 0.29) is 34.8 Å². The van der Waals surface area contributed by atoms with E-state index in [0.29, 0.717) is 31.1 Å². The van der Waals surface area contributed by atoms with Crippen LogP contribution in [0.2, 0.25) is 0 Å². The Morgan fingerprint density at radius 3 is 2.69 bits per heavy atom. The van der Waals surface area contributed by atoms with Gasteiger partial charge >= 0.3 is 5.97 Å². The second kappa shape index (κ2) is 5.81. The highest BCUT2D eigenvalue weighted by Gasteiger charge is 2.64. The van der Waals surface area contributed by atoms with Gasteiger partial charge in [-0.25, -0.2) is 0 Å². The van der Waals surface area contributed by atoms with Gasteiger partial charge in [0.1, 0.15) is 0 Å². The number of esters is 1. The highest BCUT2D eigenvalue weighted by Crippen LogP contribution is 2.65. The third-order valence-corrected chi connectivity index (χ3v) is 7.84. The Labute approximate surface area is 154 Å². The molecule has 3 saturated carbocycles. The molecule has 0 aliphatic heterocycles. The molecule has 26 heavy (non-hydrogen) atoms. The van der Waals surface area contributed by atoms with Gasteiger partial charge in [0.15, 0.2) is 17.2 Å².